The summed E-state index contributed by atoms with van der Waals surface area (Å²) in [5.74, 6) is 5.11. The molecule has 0 aromatic heterocycles. The van der Waals surface area contributed by atoms with Gasteiger partial charge < -0.3 is 51.0 Å². The first-order valence-electron chi connectivity index (χ1n) is 45.6. The number of hydrogen-bond donors (Lipinski definition) is 6. The van der Waals surface area contributed by atoms with Crippen LogP contribution in [0, 0.1) is 60.2 Å². The minimum Gasteiger partial charge on any atom is -0.493 e. The van der Waals surface area contributed by atoms with Gasteiger partial charge in [0, 0.05) is 142 Å². The van der Waals surface area contributed by atoms with Crippen LogP contribution in [0.3, 0.4) is 0 Å². The van der Waals surface area contributed by atoms with Crippen LogP contribution in [0.1, 0.15) is 256 Å². The molecule has 7 aromatic carbocycles. The third-order valence-electron chi connectivity index (χ3n) is 21.3. The van der Waals surface area contributed by atoms with Crippen LogP contribution in [0.2, 0.25) is 5.02 Å². The number of rotatable bonds is 33. The highest BCUT2D eigenvalue weighted by Gasteiger charge is 2.26. The number of halogens is 1. The van der Waals surface area contributed by atoms with Gasteiger partial charge in [-0.15, -0.1) is 0 Å². The summed E-state index contributed by atoms with van der Waals surface area (Å²) in [5, 5.41) is 23.6. The Kier molecular flexibility index (Phi) is 52.6. The maximum atomic E-state index is 12.3. The molecule has 6 N–H and O–H groups in total. The van der Waals surface area contributed by atoms with E-state index < -0.39 is 5.97 Å². The van der Waals surface area contributed by atoms with Crippen LogP contribution < -0.4 is 36.1 Å². The van der Waals surface area contributed by atoms with Crippen LogP contribution in [0.25, 0.3) is 6.08 Å². The summed E-state index contributed by atoms with van der Waals surface area (Å²) in [7, 11) is 3.15. The lowest BCUT2D eigenvalue weighted by molar-refractivity contribution is -0.138. The number of nitrogens with zero attached hydrogens (tertiary/aromatic N) is 3. The number of aliphatic carboxylic acids is 1. The molecule has 7 aromatic rings. The summed E-state index contributed by atoms with van der Waals surface area (Å²) in [6, 6.07) is 54.2. The van der Waals surface area contributed by atoms with Gasteiger partial charge in [-0.3, -0.25) is 48.1 Å². The molecule has 3 atom stereocenters. The number of methoxy groups -OCH3 is 2. The van der Waals surface area contributed by atoms with E-state index in [0.29, 0.717) is 107 Å². The monoisotopic (exact) mass is 1770 g/mol. The lowest BCUT2D eigenvalue weighted by Gasteiger charge is -2.34. The summed E-state index contributed by atoms with van der Waals surface area (Å²) in [4.78, 5) is 111. The molecule has 2 saturated heterocycles. The van der Waals surface area contributed by atoms with Gasteiger partial charge in [-0.2, -0.15) is 0 Å². The first kappa shape index (κ1) is 111. The van der Waals surface area contributed by atoms with Gasteiger partial charge in [-0.25, -0.2) is 0 Å². The van der Waals surface area contributed by atoms with E-state index in [-0.39, 0.29) is 71.5 Å². The van der Waals surface area contributed by atoms with Gasteiger partial charge in [-0.05, 0) is 206 Å². The van der Waals surface area contributed by atoms with Gasteiger partial charge in [0.15, 0.2) is 11.5 Å². The first-order chi connectivity index (χ1) is 60.1. The summed E-state index contributed by atoms with van der Waals surface area (Å²) >= 11 is 6.16. The molecule has 2 heterocycles. The molecule has 3 unspecified atom stereocenters. The van der Waals surface area contributed by atoms with Crippen molar-refractivity contribution in [2.75, 3.05) is 82.5 Å². The van der Waals surface area contributed by atoms with Crippen LogP contribution in [-0.4, -0.2) is 146 Å². The fraction of sp³-hybridized carbons (Fsp3) is 0.500. The van der Waals surface area contributed by atoms with Crippen molar-refractivity contribution in [3.05, 3.63) is 225 Å². The number of nitrogens with one attached hydrogen (secondary N) is 5. The number of carbonyl (C=O) groups excluding carboxylic acids is 8. The third kappa shape index (κ3) is 46.7. The number of hydrogen-bond acceptors (Lipinski definition) is 12. The topological polar surface area (TPSA) is 262 Å². The van der Waals surface area contributed by atoms with E-state index in [0.717, 1.165) is 112 Å². The van der Waals surface area contributed by atoms with E-state index in [1.54, 1.807) is 56.7 Å². The van der Waals surface area contributed by atoms with Crippen molar-refractivity contribution in [2.45, 2.75) is 227 Å². The molecule has 0 bridgehead atoms. The average Bonchev–Trinajstić information content (AvgIpc) is 0.831. The van der Waals surface area contributed by atoms with Crippen LogP contribution in [0.5, 0.6) is 11.5 Å². The van der Waals surface area contributed by atoms with Gasteiger partial charge in [0.25, 0.3) is 11.8 Å². The maximum Gasteiger partial charge on any atom is 0.303 e. The van der Waals surface area contributed by atoms with E-state index in [1.165, 1.54) is 30.0 Å². The zero-order valence-corrected chi connectivity index (χ0v) is 81.4. The smallest absolute Gasteiger partial charge is 0.303 e. The minimum atomic E-state index is -0.782. The molecule has 20 nitrogen and oxygen atoms in total. The molecule has 696 valence electrons. The Morgan fingerprint density at radius 1 is 0.535 bits per heavy atom. The quantitative estimate of drug-likeness (QED) is 0.0224. The van der Waals surface area contributed by atoms with Crippen molar-refractivity contribution in [2.24, 2.45) is 53.3 Å². The second-order valence-corrected chi connectivity index (χ2v) is 36.8. The molecule has 0 spiro atoms. The predicted octanol–water partition coefficient (Wildman–Crippen LogP) is 22.4. The number of benzene rings is 7. The van der Waals surface area contributed by atoms with E-state index in [2.05, 4.69) is 180 Å². The highest BCUT2D eigenvalue weighted by atomic mass is 35.5. The molecule has 0 aliphatic carbocycles. The molecule has 0 radical (unpaired) electrons. The Hall–Kier alpha value is -10.4. The summed E-state index contributed by atoms with van der Waals surface area (Å²) in [6.45, 7) is 49.7. The average molecular weight is 1770 g/mol. The standard InChI is InChI=1S/C20H31NO.C18H26N2O.C15H21NO2.C14H20N2O2.C14H21NO3.C13H17ClO2.C12H17NO/c1-15(2)12-20(22)21-11-5-6-18(14-21)13-17-7-9-19(10-8-17)16(3)4;1-16(2)15-18(21)20-13-11-19(12-14-20)10-6-9-17-7-4-3-5-8-17;1-10(2)11(3)15(18)9-13-5-7-14(8-6-13)16-12(4)17;1-9(2)13(17)16-12-7-5-11(6-8-12)14(18)15-10(3)4;1-10(2)5-8-14(16)15-11-6-7-12(17-3)13(9-11)18-4;1-8(2)11(7-13(15)16)10-5-4-9(3)6-12(10)14;1-10(2)8-9-13-12(14)11-6-4-3-5-7-11/h7-10,15-16,18H,5-6,11-14H2,1-4H3;3-9,16H,10-15H2,1-2H3;5-8,10-11H,9H2,1-4H3,(H,16,17);5-10H,1-4H3,(H,15,18)(H,16,17);6-7,9-10H,5,8H2,1-4H3,(H,15,16);4-6,8,11H,7H2,1-3H3,(H,15,16);3-7,10H,8-9H2,1-2H3,(H,13,14)/b;9-6+;;;;;. The van der Waals surface area contributed by atoms with Gasteiger partial charge >= 0.3 is 5.97 Å². The molecule has 9 rings (SSSR count). The zero-order chi connectivity index (χ0) is 94.8. The zero-order valence-electron chi connectivity index (χ0n) is 80.6. The lowest BCUT2D eigenvalue weighted by atomic mass is 9.85. The Bertz CT molecular complexity index is 4420. The predicted molar refractivity (Wildman–Crippen MR) is 523 cm³/mol. The normalized spacial score (nSPS) is 13.5. The fourth-order valence-corrected chi connectivity index (χ4v) is 13.8. The van der Waals surface area contributed by atoms with Crippen LogP contribution >= 0.6 is 11.6 Å². The molecular weight excluding hydrogens is 1610 g/mol. The minimum absolute atomic E-state index is 0.0197. The van der Waals surface area contributed by atoms with E-state index in [4.69, 9.17) is 26.2 Å². The van der Waals surface area contributed by atoms with Crippen molar-refractivity contribution < 1.29 is 57.7 Å². The number of ketones is 1. The first-order valence-corrected chi connectivity index (χ1v) is 46.0. The Morgan fingerprint density at radius 2 is 1.08 bits per heavy atom. The van der Waals surface area contributed by atoms with Gasteiger partial charge in [0.1, 0.15) is 5.78 Å². The van der Waals surface area contributed by atoms with Crippen LogP contribution in [-0.2, 0) is 46.4 Å². The van der Waals surface area contributed by atoms with E-state index in [1.807, 2.05) is 139 Å². The summed E-state index contributed by atoms with van der Waals surface area (Å²) in [6.07, 6.45) is 12.3. The molecule has 0 saturated carbocycles. The molecule has 2 fully saturated rings. The van der Waals surface area contributed by atoms with Gasteiger partial charge in [-0.1, -0.05) is 239 Å². The van der Waals surface area contributed by atoms with E-state index >= 15 is 0 Å². The summed E-state index contributed by atoms with van der Waals surface area (Å²) in [5.41, 5.74) is 10.6. The number of Topliss-reactive ketones (excluding diaryl/α,β-unsaturated/α-hetero) is 1. The lowest BCUT2D eigenvalue weighted by Crippen LogP contribution is -2.48. The molecule has 7 amide bonds. The second-order valence-electron chi connectivity index (χ2n) is 36.4. The number of carboxylic acids is 1. The van der Waals surface area contributed by atoms with Crippen molar-refractivity contribution in [1.29, 1.82) is 0 Å². The van der Waals surface area contributed by atoms with Crippen molar-refractivity contribution in [1.82, 2.24) is 25.3 Å². The Balaban J connectivity index is 0.000000384. The largest absolute Gasteiger partial charge is 0.493 e. The fourth-order valence-electron chi connectivity index (χ4n) is 13.4. The Labute approximate surface area is 766 Å². The second kappa shape index (κ2) is 60.3. The van der Waals surface area contributed by atoms with Crippen molar-refractivity contribution >= 4 is 87.8 Å². The molecule has 2 aliphatic rings. The van der Waals surface area contributed by atoms with E-state index in [9.17, 15) is 43.2 Å². The third-order valence-corrected chi connectivity index (χ3v) is 21.7. The van der Waals surface area contributed by atoms with Crippen molar-refractivity contribution in [3.63, 3.8) is 0 Å². The molecule has 21 heteroatoms. The maximum absolute atomic E-state index is 12.3. The number of carbonyl (C=O) groups is 9. The summed E-state index contributed by atoms with van der Waals surface area (Å²) < 4.78 is 10.3. The number of likely N-dealkylation sites (tertiary alicyclic amines) is 1. The van der Waals surface area contributed by atoms with Gasteiger partial charge in [0.05, 0.1) is 20.6 Å². The van der Waals surface area contributed by atoms with Crippen LogP contribution in [0.15, 0.2) is 176 Å². The van der Waals surface area contributed by atoms with Crippen LogP contribution in [0.4, 0.5) is 17.1 Å². The highest BCUT2D eigenvalue weighted by molar-refractivity contribution is 6.31. The molecular formula is C106H153ClN8O12. The molecule has 127 heavy (non-hydrogen) atoms. The molecule has 2 aliphatic heterocycles. The number of piperidine rings is 1. The van der Waals surface area contributed by atoms with Crippen molar-refractivity contribution in [3.8, 4) is 11.5 Å². The number of piperazine rings is 1. The van der Waals surface area contributed by atoms with Gasteiger partial charge in [0.2, 0.25) is 29.5 Å². The SMILES string of the molecule is CC(=O)Nc1ccc(CC(=O)C(C)C(C)C)cc1.CC(C)CC(=O)N1CCCC(Cc2ccc(C(C)C)cc2)C1.CC(C)CC(=O)N1CCN(C/C=C/c2ccccc2)CC1.CC(C)CCNC(=O)c1ccccc1.CC(C)NC(=O)c1ccc(NC(=O)C(C)C)cc1.COc1ccc(NC(=O)CCC(C)C)cc1OC.Cc1ccc(C(CC(=O)O)C(C)C)c(Cl)c1. The number of carboxylic acid groups (broad SMARTS) is 1. The Morgan fingerprint density at radius 3 is 1.59 bits per heavy atom. The number of anilines is 3. The highest BCUT2D eigenvalue weighted by Crippen LogP contribution is 2.34. The number of amides is 7. The number of ether oxygens (including phenoxy) is 2. The number of aryl methyl sites for hydroxylation is 1.